The van der Waals surface area contributed by atoms with Gasteiger partial charge in [-0.1, -0.05) is 0 Å². The molecule has 4 aromatic carbocycles. The fourth-order valence-corrected chi connectivity index (χ4v) is 12.4. The molecule has 9 heteroatoms. The van der Waals surface area contributed by atoms with Gasteiger partial charge in [0.2, 0.25) is 0 Å². The van der Waals surface area contributed by atoms with Crippen LogP contribution >= 0.6 is 9.69 Å². The van der Waals surface area contributed by atoms with Gasteiger partial charge in [0.25, 0.3) is 0 Å². The van der Waals surface area contributed by atoms with Crippen molar-refractivity contribution in [3.05, 3.63) is 112 Å². The molecule has 55 heavy (non-hydrogen) atoms. The van der Waals surface area contributed by atoms with Gasteiger partial charge in [-0.2, -0.15) is 0 Å². The van der Waals surface area contributed by atoms with Crippen LogP contribution in [0.25, 0.3) is 0 Å². The van der Waals surface area contributed by atoms with Crippen LogP contribution in [-0.2, 0) is 19.3 Å². The first-order chi connectivity index (χ1) is 26.3. The van der Waals surface area contributed by atoms with Crippen LogP contribution in [0.1, 0.15) is 131 Å². The van der Waals surface area contributed by atoms with Gasteiger partial charge in [0, 0.05) is 0 Å². The summed E-state index contributed by atoms with van der Waals surface area (Å²) >= 11 is -2.50. The molecule has 4 aromatic rings. The molecular weight excluding hydrogens is 795 g/mol. The monoisotopic (exact) mass is 851 g/mol. The van der Waals surface area contributed by atoms with E-state index >= 15 is 0 Å². The summed E-state index contributed by atoms with van der Waals surface area (Å²) in [6.45, 7) is 21.8. The van der Waals surface area contributed by atoms with Crippen LogP contribution in [0.3, 0.4) is 0 Å². The van der Waals surface area contributed by atoms with Gasteiger partial charge in [-0.05, 0) is 0 Å². The number of halogens is 1. The van der Waals surface area contributed by atoms with E-state index in [1.807, 2.05) is 19.1 Å². The van der Waals surface area contributed by atoms with Crippen molar-refractivity contribution in [3.8, 4) is 11.5 Å². The van der Waals surface area contributed by atoms with Crippen molar-refractivity contribution in [2.24, 2.45) is 0 Å². The van der Waals surface area contributed by atoms with E-state index in [4.69, 9.17) is 19.2 Å². The van der Waals surface area contributed by atoms with E-state index < -0.39 is 26.5 Å². The topological polar surface area (TPSA) is 62.3 Å². The van der Waals surface area contributed by atoms with Gasteiger partial charge in [0.15, 0.2) is 0 Å². The molecule has 294 valence electrons. The predicted octanol–water partition coefficient (Wildman–Crippen LogP) is 10.8. The number of methoxy groups -OCH3 is 1. The molecule has 7 nitrogen and oxygen atoms in total. The zero-order valence-electron chi connectivity index (χ0n) is 33.9. The quantitative estimate of drug-likeness (QED) is 0.111. The van der Waals surface area contributed by atoms with Crippen LogP contribution in [0.5, 0.6) is 11.5 Å². The Bertz CT molecular complexity index is 1950. The van der Waals surface area contributed by atoms with Gasteiger partial charge in [0.05, 0.1) is 0 Å². The molecule has 1 fully saturated rings. The summed E-state index contributed by atoms with van der Waals surface area (Å²) in [6.07, 6.45) is -0.392. The average molecular weight is 851 g/mol. The first-order valence-electron chi connectivity index (χ1n) is 19.5. The molecule has 1 unspecified atom stereocenters. The molecule has 0 aliphatic carbocycles. The number of hydrogen-bond donors (Lipinski definition) is 0. The van der Waals surface area contributed by atoms with Gasteiger partial charge < -0.3 is 0 Å². The van der Waals surface area contributed by atoms with Crippen LogP contribution in [0, 0.1) is 0 Å². The summed E-state index contributed by atoms with van der Waals surface area (Å²) in [5.74, 6) is 1.67. The Morgan fingerprint density at radius 1 is 0.782 bits per heavy atom. The number of benzene rings is 4. The molecule has 2 aliphatic heterocycles. The van der Waals surface area contributed by atoms with E-state index in [-0.39, 0.29) is 10.7 Å². The van der Waals surface area contributed by atoms with Crippen LogP contribution in [0.2, 0.25) is 0 Å². The van der Waals surface area contributed by atoms with Crippen molar-refractivity contribution in [2.75, 3.05) is 34.9 Å². The maximum atomic E-state index is 14.1. The second-order valence-corrected chi connectivity index (χ2v) is 20.2. The molecule has 0 aromatic heterocycles. The van der Waals surface area contributed by atoms with Crippen molar-refractivity contribution in [1.82, 2.24) is 0 Å². The number of rotatable bonds is 11. The number of fused-ring (bicyclic) bond motifs is 1. The average Bonchev–Trinajstić information content (AvgIpc) is 3.61. The number of carbonyl (C=O) groups is 2. The first kappa shape index (κ1) is 40.7. The number of carbonyl (C=O) groups excluding carboxylic acids is 2. The number of imide groups is 1. The molecule has 2 heterocycles. The van der Waals surface area contributed by atoms with E-state index in [2.05, 4.69) is 106 Å². The molecule has 0 spiro atoms. The van der Waals surface area contributed by atoms with Crippen molar-refractivity contribution in [2.45, 2.75) is 103 Å². The minimum absolute atomic E-state index is 0.110. The normalized spacial score (nSPS) is 17.1. The summed E-state index contributed by atoms with van der Waals surface area (Å²) in [5, 5.41) is 0. The Kier molecular flexibility index (Phi) is 12.6. The molecule has 1 atom stereocenters. The fourth-order valence-electron chi connectivity index (χ4n) is 7.79. The summed E-state index contributed by atoms with van der Waals surface area (Å²) < 4.78 is 13.9. The van der Waals surface area contributed by atoms with Crippen molar-refractivity contribution >= 4 is 43.2 Å². The zero-order chi connectivity index (χ0) is 39.7. The van der Waals surface area contributed by atoms with Crippen LogP contribution in [0.15, 0.2) is 78.9 Å². The number of nitrogens with zero attached hydrogens (tertiary/aromatic N) is 3. The van der Waals surface area contributed by atoms with Gasteiger partial charge in [-0.3, -0.25) is 0 Å². The Hall–Kier alpha value is -4.00. The van der Waals surface area contributed by atoms with Gasteiger partial charge in [0.1, 0.15) is 0 Å². The minimum atomic E-state index is -2.50. The van der Waals surface area contributed by atoms with E-state index in [0.717, 1.165) is 18.7 Å². The third-order valence-corrected chi connectivity index (χ3v) is 14.9. The van der Waals surface area contributed by atoms with Crippen LogP contribution in [0.4, 0.5) is 17.1 Å². The van der Waals surface area contributed by atoms with E-state index in [1.54, 1.807) is 37.4 Å². The number of hydrogen-bond acceptors (Lipinski definition) is 6. The van der Waals surface area contributed by atoms with Crippen molar-refractivity contribution in [1.29, 1.82) is 0 Å². The van der Waals surface area contributed by atoms with Gasteiger partial charge in [-0.25, -0.2) is 0 Å². The summed E-state index contributed by atoms with van der Waals surface area (Å²) in [7, 11) is 9.57. The Morgan fingerprint density at radius 2 is 1.25 bits per heavy atom. The zero-order valence-corrected chi connectivity index (χ0v) is 36.4. The van der Waals surface area contributed by atoms with Crippen molar-refractivity contribution in [3.63, 3.8) is 0 Å². The molecule has 1 saturated heterocycles. The molecule has 0 radical (unpaired) electrons. The molecular formula is C46H56ClN3O4Ru. The maximum absolute atomic E-state index is 14.1. The number of ether oxygens (including phenoxy) is 2. The van der Waals surface area contributed by atoms with Crippen LogP contribution in [-0.4, -0.2) is 47.5 Å². The second-order valence-electron chi connectivity index (χ2n) is 15.7. The van der Waals surface area contributed by atoms with Crippen LogP contribution < -0.4 is 24.2 Å². The Balaban J connectivity index is 1.55. The number of anilines is 3. The predicted molar refractivity (Wildman–Crippen MR) is 225 cm³/mol. The fraction of sp³-hybridized carbons (Fsp3) is 0.413. The molecule has 6 rings (SSSR count). The standard InChI is InChI=1S/C27H39N2.C19H17NO4.ClH.Ru/c1-18(2)22-11-9-12-23(19(3)4)26(22)28-15-16-29(17-28)27-24(20(5)6)13-10-14-25(27)21(7)8;1-4-16-19(22)20(15-7-5-6-12(2)17(15)24-16)18(21)13-8-10-14(23-3)11-9-13;;/h9-14,17-21H,15-16H2,1-8H3;2,5-11,16H,4H2,1,3H3;1H;/q;;;+1/p-1. The summed E-state index contributed by atoms with van der Waals surface area (Å²) in [6, 6.07) is 26.0. The van der Waals surface area contributed by atoms with E-state index in [1.165, 1.54) is 38.5 Å². The van der Waals surface area contributed by atoms with E-state index in [0.29, 0.717) is 52.8 Å². The second kappa shape index (κ2) is 17.0. The number of amides is 2. The molecule has 0 saturated carbocycles. The molecule has 2 amide bonds. The Labute approximate surface area is 337 Å². The molecule has 0 bridgehead atoms. The van der Waals surface area contributed by atoms with Gasteiger partial charge >= 0.3 is 339 Å². The summed E-state index contributed by atoms with van der Waals surface area (Å²) in [4.78, 5) is 34.4. The van der Waals surface area contributed by atoms with Gasteiger partial charge in [-0.15, -0.1) is 0 Å². The SMILES string of the molecule is CCC1Oc2c([CH]=[Ru]([Cl])[CH]3N(c4c(C(C)C)cccc4C(C)C)CCN3c3c(C(C)C)cccc3C(C)C)cccc2N(C(=O)c2ccc(OC)cc2)C1=O. The van der Waals surface area contributed by atoms with E-state index in [9.17, 15) is 9.59 Å². The molecule has 0 N–H and O–H groups in total. The molecule has 2 aliphatic rings. The summed E-state index contributed by atoms with van der Waals surface area (Å²) in [5.41, 5.74) is 9.53. The number of para-hydroxylation sites is 3. The third kappa shape index (κ3) is 7.87. The third-order valence-electron chi connectivity index (χ3n) is 10.7. The van der Waals surface area contributed by atoms with Crippen molar-refractivity contribution < 1.29 is 33.6 Å². The Morgan fingerprint density at radius 3 is 1.69 bits per heavy atom. The first-order valence-corrected chi connectivity index (χ1v) is 23.8.